The highest BCUT2D eigenvalue weighted by molar-refractivity contribution is 7.09. The van der Waals surface area contributed by atoms with E-state index in [4.69, 9.17) is 0 Å². The molecule has 3 rings (SSSR count). The topological polar surface area (TPSA) is 24.9 Å². The molecule has 0 radical (unpaired) electrons. The monoisotopic (exact) mass is 244 g/mol. The fourth-order valence-electron chi connectivity index (χ4n) is 2.29. The summed E-state index contributed by atoms with van der Waals surface area (Å²) in [6.45, 7) is 0.965. The van der Waals surface area contributed by atoms with Crippen molar-refractivity contribution in [3.8, 4) is 0 Å². The van der Waals surface area contributed by atoms with E-state index in [-0.39, 0.29) is 0 Å². The quantitative estimate of drug-likeness (QED) is 0.892. The Labute approximate surface area is 106 Å². The van der Waals surface area contributed by atoms with Crippen molar-refractivity contribution in [2.75, 3.05) is 11.9 Å². The highest BCUT2D eigenvalue weighted by atomic mass is 32.1. The first-order valence-corrected chi connectivity index (χ1v) is 7.05. The molecule has 17 heavy (non-hydrogen) atoms. The van der Waals surface area contributed by atoms with Gasteiger partial charge in [-0.1, -0.05) is 12.1 Å². The van der Waals surface area contributed by atoms with E-state index in [9.17, 15) is 0 Å². The van der Waals surface area contributed by atoms with Crippen molar-refractivity contribution >= 4 is 17.2 Å². The Morgan fingerprint density at radius 1 is 1.24 bits per heavy atom. The van der Waals surface area contributed by atoms with Crippen molar-refractivity contribution in [1.29, 1.82) is 0 Å². The van der Waals surface area contributed by atoms with Crippen LogP contribution < -0.4 is 5.32 Å². The molecule has 0 atom stereocenters. The molecule has 1 aliphatic carbocycles. The van der Waals surface area contributed by atoms with Gasteiger partial charge in [-0.2, -0.15) is 0 Å². The van der Waals surface area contributed by atoms with Gasteiger partial charge in [0.05, 0.1) is 0 Å². The van der Waals surface area contributed by atoms with E-state index in [0.29, 0.717) is 0 Å². The molecule has 1 N–H and O–H groups in total. The summed E-state index contributed by atoms with van der Waals surface area (Å²) in [4.78, 5) is 6.09. The second kappa shape index (κ2) is 4.88. The third kappa shape index (κ3) is 2.50. The lowest BCUT2D eigenvalue weighted by Gasteiger charge is -2.06. The van der Waals surface area contributed by atoms with E-state index in [0.717, 1.165) is 25.2 Å². The summed E-state index contributed by atoms with van der Waals surface area (Å²) < 4.78 is 0. The van der Waals surface area contributed by atoms with Gasteiger partial charge in [-0.05, 0) is 48.8 Å². The van der Waals surface area contributed by atoms with Crippen LogP contribution in [0.5, 0.6) is 0 Å². The Morgan fingerprint density at radius 3 is 3.12 bits per heavy atom. The summed E-state index contributed by atoms with van der Waals surface area (Å²) in [7, 11) is 0. The zero-order valence-electron chi connectivity index (χ0n) is 9.78. The largest absolute Gasteiger partial charge is 0.370 e. The Hall–Kier alpha value is -1.35. The Bertz CT molecular complexity index is 491. The number of hydrogen-bond acceptors (Lipinski definition) is 3. The summed E-state index contributed by atoms with van der Waals surface area (Å²) in [5.74, 6) is 1.03. The SMILES string of the molecule is c1csc(CCNc2ccc3c(n2)CCC3)c1. The average molecular weight is 244 g/mol. The van der Waals surface area contributed by atoms with E-state index < -0.39 is 0 Å². The standard InChI is InChI=1S/C14H16N2S/c1-3-11-6-7-14(16-13(11)5-1)15-9-8-12-4-2-10-17-12/h2,4,6-7,10H,1,3,5,8-9H2,(H,15,16). The fourth-order valence-corrected chi connectivity index (χ4v) is 3.00. The minimum atomic E-state index is 0.965. The van der Waals surface area contributed by atoms with Crippen LogP contribution in [0.2, 0.25) is 0 Å². The smallest absolute Gasteiger partial charge is 0.126 e. The summed E-state index contributed by atoms with van der Waals surface area (Å²) in [5.41, 5.74) is 2.74. The van der Waals surface area contributed by atoms with E-state index >= 15 is 0 Å². The number of anilines is 1. The summed E-state index contributed by atoms with van der Waals surface area (Å²) >= 11 is 1.82. The first kappa shape index (κ1) is 10.8. The fraction of sp³-hybridized carbons (Fsp3) is 0.357. The van der Waals surface area contributed by atoms with Crippen molar-refractivity contribution in [2.24, 2.45) is 0 Å². The van der Waals surface area contributed by atoms with Gasteiger partial charge in [0, 0.05) is 17.1 Å². The summed E-state index contributed by atoms with van der Waals surface area (Å²) in [6, 6.07) is 8.62. The van der Waals surface area contributed by atoms with Crippen molar-refractivity contribution in [2.45, 2.75) is 25.7 Å². The zero-order valence-corrected chi connectivity index (χ0v) is 10.6. The van der Waals surface area contributed by atoms with Gasteiger partial charge in [0.1, 0.15) is 5.82 Å². The van der Waals surface area contributed by atoms with Gasteiger partial charge in [-0.15, -0.1) is 11.3 Å². The van der Waals surface area contributed by atoms with Gasteiger partial charge < -0.3 is 5.32 Å². The van der Waals surface area contributed by atoms with E-state index in [1.807, 2.05) is 11.3 Å². The molecule has 0 amide bonds. The molecule has 2 aromatic rings. The number of rotatable bonds is 4. The number of thiophene rings is 1. The normalized spacial score (nSPS) is 13.6. The number of pyridine rings is 1. The molecule has 0 bridgehead atoms. The first-order chi connectivity index (χ1) is 8.42. The van der Waals surface area contributed by atoms with Gasteiger partial charge in [-0.25, -0.2) is 4.98 Å². The Morgan fingerprint density at radius 2 is 2.24 bits per heavy atom. The number of aryl methyl sites for hydroxylation is 2. The Kier molecular flexibility index (Phi) is 3.10. The highest BCUT2D eigenvalue weighted by Gasteiger charge is 2.11. The van der Waals surface area contributed by atoms with Crippen LogP contribution in [0.25, 0.3) is 0 Å². The minimum Gasteiger partial charge on any atom is -0.370 e. The van der Waals surface area contributed by atoms with E-state index in [1.54, 1.807) is 0 Å². The van der Waals surface area contributed by atoms with Gasteiger partial charge >= 0.3 is 0 Å². The van der Waals surface area contributed by atoms with Crippen LogP contribution in [-0.4, -0.2) is 11.5 Å². The van der Waals surface area contributed by atoms with E-state index in [2.05, 4.69) is 39.9 Å². The second-order valence-corrected chi connectivity index (χ2v) is 5.44. The third-order valence-corrected chi connectivity index (χ3v) is 4.12. The molecule has 3 heteroatoms. The molecule has 2 nitrogen and oxygen atoms in total. The maximum absolute atomic E-state index is 4.66. The minimum absolute atomic E-state index is 0.965. The predicted molar refractivity (Wildman–Crippen MR) is 72.8 cm³/mol. The number of fused-ring (bicyclic) bond motifs is 1. The second-order valence-electron chi connectivity index (χ2n) is 4.41. The third-order valence-electron chi connectivity index (χ3n) is 3.19. The zero-order chi connectivity index (χ0) is 11.5. The van der Waals surface area contributed by atoms with Crippen LogP contribution in [0, 0.1) is 0 Å². The molecular weight excluding hydrogens is 228 g/mol. The van der Waals surface area contributed by atoms with Gasteiger partial charge in [0.15, 0.2) is 0 Å². The molecular formula is C14H16N2S. The molecule has 88 valence electrons. The lowest BCUT2D eigenvalue weighted by molar-refractivity contribution is 0.898. The van der Waals surface area contributed by atoms with Crippen LogP contribution in [0.1, 0.15) is 22.6 Å². The van der Waals surface area contributed by atoms with Crippen LogP contribution in [-0.2, 0) is 19.3 Å². The van der Waals surface area contributed by atoms with Gasteiger partial charge in [0.2, 0.25) is 0 Å². The van der Waals surface area contributed by atoms with Crippen LogP contribution in [0.4, 0.5) is 5.82 Å². The molecule has 2 aromatic heterocycles. The highest BCUT2D eigenvalue weighted by Crippen LogP contribution is 2.21. The maximum atomic E-state index is 4.66. The van der Waals surface area contributed by atoms with Crippen molar-refractivity contribution in [3.63, 3.8) is 0 Å². The van der Waals surface area contributed by atoms with E-state index in [1.165, 1.54) is 29.0 Å². The molecule has 0 saturated carbocycles. The van der Waals surface area contributed by atoms with Gasteiger partial charge in [0.25, 0.3) is 0 Å². The summed E-state index contributed by atoms with van der Waals surface area (Å²) in [6.07, 6.45) is 4.70. The number of hydrogen-bond donors (Lipinski definition) is 1. The molecule has 0 saturated heterocycles. The number of aromatic nitrogens is 1. The molecule has 0 aromatic carbocycles. The van der Waals surface area contributed by atoms with Crippen LogP contribution in [0.3, 0.4) is 0 Å². The average Bonchev–Trinajstić information content (AvgIpc) is 2.98. The van der Waals surface area contributed by atoms with Crippen molar-refractivity contribution in [3.05, 3.63) is 45.8 Å². The van der Waals surface area contributed by atoms with Crippen LogP contribution in [0.15, 0.2) is 29.6 Å². The molecule has 0 spiro atoms. The van der Waals surface area contributed by atoms with Crippen molar-refractivity contribution in [1.82, 2.24) is 4.98 Å². The first-order valence-electron chi connectivity index (χ1n) is 6.17. The molecule has 1 aliphatic rings. The molecule has 0 aliphatic heterocycles. The van der Waals surface area contributed by atoms with Crippen molar-refractivity contribution < 1.29 is 0 Å². The lowest BCUT2D eigenvalue weighted by atomic mass is 10.2. The Balaban J connectivity index is 1.58. The predicted octanol–water partition coefficient (Wildman–Crippen LogP) is 3.29. The molecule has 0 fully saturated rings. The molecule has 2 heterocycles. The maximum Gasteiger partial charge on any atom is 0.126 e. The lowest BCUT2D eigenvalue weighted by Crippen LogP contribution is -2.06. The van der Waals surface area contributed by atoms with Crippen LogP contribution >= 0.6 is 11.3 Å². The molecule has 0 unspecified atom stereocenters. The number of nitrogens with one attached hydrogen (secondary N) is 1. The van der Waals surface area contributed by atoms with Gasteiger partial charge in [-0.3, -0.25) is 0 Å². The number of nitrogens with zero attached hydrogens (tertiary/aromatic N) is 1. The summed E-state index contributed by atoms with van der Waals surface area (Å²) in [5, 5.41) is 5.54.